The number of H-pyrrole nitrogens is 1. The number of nitrogens with one attached hydrogen (secondary N) is 1. The molecule has 1 aromatic heterocycles. The summed E-state index contributed by atoms with van der Waals surface area (Å²) in [5, 5.41) is 9.81. The van der Waals surface area contributed by atoms with E-state index in [2.05, 4.69) is 4.98 Å². The molecule has 1 aliphatic heterocycles. The third kappa shape index (κ3) is 3.60. The number of alkyl halides is 3. The van der Waals surface area contributed by atoms with Crippen LogP contribution in [0.4, 0.5) is 13.2 Å². The lowest BCUT2D eigenvalue weighted by Gasteiger charge is -2.28. The van der Waals surface area contributed by atoms with Gasteiger partial charge in [-0.05, 0) is 17.7 Å². The van der Waals surface area contributed by atoms with Crippen molar-refractivity contribution in [1.82, 2.24) is 14.9 Å². The van der Waals surface area contributed by atoms with E-state index in [0.29, 0.717) is 18.8 Å². The molecule has 9 heteroatoms. The first-order valence-corrected chi connectivity index (χ1v) is 7.55. The van der Waals surface area contributed by atoms with E-state index in [-0.39, 0.29) is 30.0 Å². The largest absolute Gasteiger partial charge is 0.504 e. The highest BCUT2D eigenvalue weighted by molar-refractivity contribution is 5.41. The van der Waals surface area contributed by atoms with Crippen molar-refractivity contribution in [2.45, 2.75) is 25.7 Å². The second-order valence-corrected chi connectivity index (χ2v) is 5.80. The average Bonchev–Trinajstić information content (AvgIpc) is 2.54. The van der Waals surface area contributed by atoms with Gasteiger partial charge in [-0.15, -0.1) is 0 Å². The van der Waals surface area contributed by atoms with Gasteiger partial charge in [-0.1, -0.05) is 6.07 Å². The number of hydrogen-bond acceptors (Lipinski definition) is 5. The van der Waals surface area contributed by atoms with Crippen LogP contribution >= 0.6 is 0 Å². The fraction of sp³-hybridized carbons (Fsp3) is 0.375. The molecule has 3 rings (SSSR count). The van der Waals surface area contributed by atoms with Crippen LogP contribution in [0.1, 0.15) is 22.6 Å². The molecule has 0 fully saturated rings. The molecule has 0 saturated heterocycles. The van der Waals surface area contributed by atoms with Crippen LogP contribution in [-0.4, -0.2) is 33.6 Å². The molecule has 2 aromatic rings. The number of fused-ring (bicyclic) bond motifs is 1. The summed E-state index contributed by atoms with van der Waals surface area (Å²) in [4.78, 5) is 19.3. The second-order valence-electron chi connectivity index (χ2n) is 5.80. The maximum atomic E-state index is 12.7. The molecule has 0 atom stereocenters. The maximum absolute atomic E-state index is 12.7. The Morgan fingerprint density at radius 3 is 2.80 bits per heavy atom. The van der Waals surface area contributed by atoms with Crippen LogP contribution in [0.15, 0.2) is 23.0 Å². The number of rotatable bonds is 3. The van der Waals surface area contributed by atoms with E-state index in [9.17, 15) is 23.1 Å². The van der Waals surface area contributed by atoms with Crippen molar-refractivity contribution >= 4 is 0 Å². The molecule has 1 aromatic carbocycles. The van der Waals surface area contributed by atoms with E-state index in [4.69, 9.17) is 4.74 Å². The van der Waals surface area contributed by atoms with Crippen molar-refractivity contribution in [2.75, 3.05) is 13.7 Å². The van der Waals surface area contributed by atoms with Gasteiger partial charge in [-0.25, -0.2) is 4.98 Å². The first-order valence-electron chi connectivity index (χ1n) is 7.55. The number of benzene rings is 1. The van der Waals surface area contributed by atoms with Gasteiger partial charge in [0.05, 0.1) is 18.4 Å². The van der Waals surface area contributed by atoms with E-state index in [1.807, 2.05) is 9.88 Å². The van der Waals surface area contributed by atoms with E-state index < -0.39 is 17.6 Å². The fourth-order valence-corrected chi connectivity index (χ4v) is 2.84. The van der Waals surface area contributed by atoms with Crippen LogP contribution in [0.3, 0.4) is 0 Å². The third-order valence-electron chi connectivity index (χ3n) is 4.07. The van der Waals surface area contributed by atoms with Gasteiger partial charge >= 0.3 is 6.18 Å². The van der Waals surface area contributed by atoms with Crippen LogP contribution in [0, 0.1) is 0 Å². The van der Waals surface area contributed by atoms with Crippen molar-refractivity contribution < 1.29 is 23.0 Å². The topological polar surface area (TPSA) is 78.5 Å². The van der Waals surface area contributed by atoms with Crippen molar-refractivity contribution in [3.8, 4) is 11.5 Å². The van der Waals surface area contributed by atoms with Crippen LogP contribution in [0.2, 0.25) is 0 Å². The third-order valence-corrected chi connectivity index (χ3v) is 4.07. The summed E-state index contributed by atoms with van der Waals surface area (Å²) >= 11 is 0. The highest BCUT2D eigenvalue weighted by Crippen LogP contribution is 2.28. The lowest BCUT2D eigenvalue weighted by molar-refractivity contribution is -0.145. The monoisotopic (exact) mass is 355 g/mol. The molecule has 6 nitrogen and oxygen atoms in total. The van der Waals surface area contributed by atoms with Crippen molar-refractivity contribution in [3.05, 3.63) is 51.2 Å². The number of halogens is 3. The number of ether oxygens (including phenoxy) is 1. The van der Waals surface area contributed by atoms with Gasteiger partial charge in [0.2, 0.25) is 5.82 Å². The van der Waals surface area contributed by atoms with Crippen LogP contribution in [0.25, 0.3) is 0 Å². The summed E-state index contributed by atoms with van der Waals surface area (Å²) in [5.74, 6) is -0.899. The molecule has 134 valence electrons. The Bertz CT molecular complexity index is 849. The summed E-state index contributed by atoms with van der Waals surface area (Å²) in [6.07, 6.45) is -4.42. The first-order chi connectivity index (χ1) is 11.8. The molecule has 1 aliphatic rings. The van der Waals surface area contributed by atoms with E-state index in [1.165, 1.54) is 7.11 Å². The SMILES string of the molecule is COc1ccc(CN2CCc3nc(C(F)(F)F)[nH]c(=O)c3C2)cc1O. The predicted molar refractivity (Wildman–Crippen MR) is 82.3 cm³/mol. The number of aromatic hydroxyl groups is 1. The highest BCUT2D eigenvalue weighted by atomic mass is 19.4. The number of aromatic nitrogens is 2. The summed E-state index contributed by atoms with van der Waals surface area (Å²) < 4.78 is 43.2. The molecule has 0 amide bonds. The molecular formula is C16H16F3N3O3. The van der Waals surface area contributed by atoms with Gasteiger partial charge in [0.1, 0.15) is 0 Å². The Hall–Kier alpha value is -2.55. The van der Waals surface area contributed by atoms with Gasteiger partial charge in [0.25, 0.3) is 5.56 Å². The zero-order valence-electron chi connectivity index (χ0n) is 13.4. The zero-order valence-corrected chi connectivity index (χ0v) is 13.4. The Kier molecular flexibility index (Phi) is 4.42. The molecule has 2 heterocycles. The van der Waals surface area contributed by atoms with Gasteiger partial charge in [-0.2, -0.15) is 13.2 Å². The van der Waals surface area contributed by atoms with Crippen LogP contribution in [0.5, 0.6) is 11.5 Å². The number of nitrogens with zero attached hydrogens (tertiary/aromatic N) is 2. The van der Waals surface area contributed by atoms with Crippen LogP contribution in [-0.2, 0) is 25.7 Å². The predicted octanol–water partition coefficient (Wildman–Crippen LogP) is 2.06. The summed E-state index contributed by atoms with van der Waals surface area (Å²) in [6.45, 7) is 1.10. The van der Waals surface area contributed by atoms with Gasteiger partial charge < -0.3 is 14.8 Å². The van der Waals surface area contributed by atoms with Gasteiger partial charge in [-0.3, -0.25) is 9.69 Å². The van der Waals surface area contributed by atoms with E-state index >= 15 is 0 Å². The van der Waals surface area contributed by atoms with E-state index in [1.54, 1.807) is 18.2 Å². The first kappa shape index (κ1) is 17.3. The quantitative estimate of drug-likeness (QED) is 0.881. The number of phenolic OH excluding ortho intramolecular Hbond substituents is 1. The highest BCUT2D eigenvalue weighted by Gasteiger charge is 2.35. The molecule has 0 aliphatic carbocycles. The normalized spacial score (nSPS) is 15.0. The summed E-state index contributed by atoms with van der Waals surface area (Å²) in [6, 6.07) is 4.97. The Balaban J connectivity index is 1.80. The van der Waals surface area contributed by atoms with Crippen LogP contribution < -0.4 is 10.3 Å². The fourth-order valence-electron chi connectivity index (χ4n) is 2.84. The molecule has 2 N–H and O–H groups in total. The minimum atomic E-state index is -4.67. The lowest BCUT2D eigenvalue weighted by Crippen LogP contribution is -2.36. The minimum Gasteiger partial charge on any atom is -0.504 e. The van der Waals surface area contributed by atoms with Crippen molar-refractivity contribution in [1.29, 1.82) is 0 Å². The molecule has 0 spiro atoms. The van der Waals surface area contributed by atoms with Gasteiger partial charge in [0, 0.05) is 26.1 Å². The molecule has 25 heavy (non-hydrogen) atoms. The summed E-state index contributed by atoms with van der Waals surface area (Å²) in [5.41, 5.74) is 0.472. The number of methoxy groups -OCH3 is 1. The lowest BCUT2D eigenvalue weighted by atomic mass is 10.1. The summed E-state index contributed by atoms with van der Waals surface area (Å²) in [7, 11) is 1.45. The molecule has 0 radical (unpaired) electrons. The molecular weight excluding hydrogens is 339 g/mol. The minimum absolute atomic E-state index is 0.00624. The number of phenols is 1. The maximum Gasteiger partial charge on any atom is 0.449 e. The van der Waals surface area contributed by atoms with E-state index in [0.717, 1.165) is 5.56 Å². The average molecular weight is 355 g/mol. The standard InChI is InChI=1S/C16H16F3N3O3/c1-25-13-3-2-9(6-12(13)23)7-22-5-4-11-10(8-22)14(24)21-15(20-11)16(17,18)19/h2-3,6,23H,4-5,7-8H2,1H3,(H,20,21,24). The van der Waals surface area contributed by atoms with Crippen molar-refractivity contribution in [3.63, 3.8) is 0 Å². The second kappa shape index (κ2) is 6.40. The Labute approximate surface area is 140 Å². The smallest absolute Gasteiger partial charge is 0.449 e. The number of aromatic amines is 1. The van der Waals surface area contributed by atoms with Gasteiger partial charge in [0.15, 0.2) is 11.5 Å². The molecule has 0 saturated carbocycles. The Morgan fingerprint density at radius 1 is 1.40 bits per heavy atom. The molecule has 0 unspecified atom stereocenters. The van der Waals surface area contributed by atoms with Crippen molar-refractivity contribution in [2.24, 2.45) is 0 Å². The zero-order chi connectivity index (χ0) is 18.2. The molecule has 0 bridgehead atoms. The number of hydrogen-bond donors (Lipinski definition) is 2. The Morgan fingerprint density at radius 2 is 2.16 bits per heavy atom.